The van der Waals surface area contributed by atoms with E-state index in [1.807, 2.05) is 0 Å². The first-order chi connectivity index (χ1) is 4.11. The molecule has 1 aliphatic rings. The number of hydrogen-bond donors (Lipinski definition) is 2. The highest BCUT2D eigenvalue weighted by molar-refractivity contribution is 14.2. The van der Waals surface area contributed by atoms with Gasteiger partial charge in [-0.3, -0.25) is 4.79 Å². The van der Waals surface area contributed by atoms with Crippen LogP contribution in [0.5, 0.6) is 0 Å². The van der Waals surface area contributed by atoms with E-state index in [-0.39, 0.29) is 26.6 Å². The lowest BCUT2D eigenvalue weighted by atomic mass is 10.3. The Morgan fingerprint density at radius 1 is 1.89 bits per heavy atom. The molecule has 4 N–H and O–H groups in total. The van der Waals surface area contributed by atoms with E-state index in [4.69, 9.17) is 11.5 Å². The maximum absolute atomic E-state index is 10.5. The van der Waals surface area contributed by atoms with E-state index in [0.29, 0.717) is 3.92 Å². The van der Waals surface area contributed by atoms with E-state index < -0.39 is 5.54 Å². The van der Waals surface area contributed by atoms with Gasteiger partial charge in [0.2, 0.25) is 5.91 Å². The van der Waals surface area contributed by atoms with Crippen molar-refractivity contribution in [3.63, 3.8) is 0 Å². The van der Waals surface area contributed by atoms with Crippen LogP contribution in [-0.2, 0) is 4.79 Å². The second-order valence-corrected chi connectivity index (χ2v) is 4.61. The molecule has 1 amide bonds. The first kappa shape index (κ1) is 7.14. The average molecular weight is 240 g/mol. The summed E-state index contributed by atoms with van der Waals surface area (Å²) < 4.78 is 4.09. The second-order valence-electron chi connectivity index (χ2n) is 2.23. The van der Waals surface area contributed by atoms with Gasteiger partial charge < -0.3 is 11.5 Å². The van der Waals surface area contributed by atoms with Gasteiger partial charge in [0, 0.05) is 3.92 Å². The first-order valence-electron chi connectivity index (χ1n) is 2.57. The minimum Gasteiger partial charge on any atom is -0.368 e. The van der Waals surface area contributed by atoms with Gasteiger partial charge in [-0.25, -0.2) is 0 Å². The summed E-state index contributed by atoms with van der Waals surface area (Å²) in [5.41, 5.74) is 9.92. The van der Waals surface area contributed by atoms with Crippen molar-refractivity contribution < 1.29 is 4.79 Å². The maximum Gasteiger partial charge on any atom is 0.238 e. The minimum atomic E-state index is -0.658. The number of nitrogens with two attached hydrogens (primary N) is 2. The number of alkyl halides is 1. The van der Waals surface area contributed by atoms with Gasteiger partial charge >= 0.3 is 0 Å². The van der Waals surface area contributed by atoms with E-state index in [0.717, 1.165) is 6.42 Å². The lowest BCUT2D eigenvalue weighted by Gasteiger charge is -2.00. The molecule has 1 rings (SSSR count). The van der Waals surface area contributed by atoms with Crippen molar-refractivity contribution >= 4 is 31.2 Å². The van der Waals surface area contributed by atoms with Crippen LogP contribution >= 0.6 is 20.7 Å². The molecule has 4 heteroatoms. The molecule has 0 aromatic carbocycles. The molecule has 0 aromatic heterocycles. The Morgan fingerprint density at radius 2 is 2.44 bits per heavy atom. The summed E-state index contributed by atoms with van der Waals surface area (Å²) in [4.78, 5) is 10.5. The molecule has 9 heavy (non-hydrogen) atoms. The van der Waals surface area contributed by atoms with Crippen LogP contribution in [0.1, 0.15) is 6.42 Å². The van der Waals surface area contributed by atoms with Crippen molar-refractivity contribution in [3.05, 3.63) is 0 Å². The molecule has 52 valence electrons. The highest BCUT2D eigenvalue weighted by Crippen LogP contribution is 2.42. The molecule has 0 aliphatic heterocycles. The maximum atomic E-state index is 10.5. The van der Waals surface area contributed by atoms with Crippen molar-refractivity contribution in [2.75, 3.05) is 0 Å². The van der Waals surface area contributed by atoms with Crippen LogP contribution in [0.3, 0.4) is 0 Å². The van der Waals surface area contributed by atoms with E-state index in [2.05, 4.69) is 4.51 Å². The Labute approximate surface area is 63.5 Å². The van der Waals surface area contributed by atoms with Crippen molar-refractivity contribution in [3.8, 4) is 0 Å². The molecule has 0 unspecified atom stereocenters. The Kier molecular flexibility index (Phi) is 1.60. The molecule has 0 spiro atoms. The van der Waals surface area contributed by atoms with E-state index in [1.165, 1.54) is 0 Å². The molecule has 1 saturated carbocycles. The topological polar surface area (TPSA) is 69.1 Å². The number of rotatable bonds is 2. The molecule has 0 bridgehead atoms. The second kappa shape index (κ2) is 2.02. The molecule has 1 aliphatic carbocycles. The quantitative estimate of drug-likeness (QED) is 0.497. The fourth-order valence-electron chi connectivity index (χ4n) is 0.685. The van der Waals surface area contributed by atoms with Crippen LogP contribution < -0.4 is 11.5 Å². The summed E-state index contributed by atoms with van der Waals surface area (Å²) in [6.45, 7) is 0. The Bertz CT molecular complexity index is 170. The van der Waals surface area contributed by atoms with Crippen molar-refractivity contribution in [2.45, 2.75) is 15.9 Å². The van der Waals surface area contributed by atoms with Gasteiger partial charge in [0.25, 0.3) is 0 Å². The molecule has 0 aromatic rings. The van der Waals surface area contributed by atoms with E-state index in [9.17, 15) is 4.79 Å². The first-order valence-corrected chi connectivity index (χ1v) is 5.34. The number of primary amides is 1. The SMILES string of the molecule is C=I[C@@H]1C[C@]1(N)C(N)=O. The molecule has 0 saturated heterocycles. The van der Waals surface area contributed by atoms with Crippen molar-refractivity contribution in [1.82, 2.24) is 0 Å². The van der Waals surface area contributed by atoms with Gasteiger partial charge in [-0.2, -0.15) is 0 Å². The molecule has 0 heterocycles. The van der Waals surface area contributed by atoms with Crippen molar-refractivity contribution in [1.29, 1.82) is 0 Å². The number of carbonyl (C=O) groups is 1. The summed E-state index contributed by atoms with van der Waals surface area (Å²) in [6.07, 6.45) is 0.763. The van der Waals surface area contributed by atoms with Gasteiger partial charge in [0.1, 0.15) is 5.54 Å². The van der Waals surface area contributed by atoms with Crippen LogP contribution in [0.15, 0.2) is 0 Å². The highest BCUT2D eigenvalue weighted by Gasteiger charge is 2.54. The summed E-state index contributed by atoms with van der Waals surface area (Å²) in [6, 6.07) is 0. The van der Waals surface area contributed by atoms with Gasteiger partial charge in [0.15, 0.2) is 0 Å². The monoisotopic (exact) mass is 240 g/mol. The molecule has 2 atom stereocenters. The molecular weight excluding hydrogens is 231 g/mol. The summed E-state index contributed by atoms with van der Waals surface area (Å²) in [5, 5.41) is 0. The fraction of sp³-hybridized carbons (Fsp3) is 0.600. The third kappa shape index (κ3) is 1.01. The lowest BCUT2D eigenvalue weighted by Crippen LogP contribution is -2.41. The molecule has 0 radical (unpaired) electrons. The lowest BCUT2D eigenvalue weighted by molar-refractivity contribution is -0.120. The largest absolute Gasteiger partial charge is 0.368 e. The Morgan fingerprint density at radius 3 is 2.56 bits per heavy atom. The normalized spacial score (nSPS) is 40.3. The van der Waals surface area contributed by atoms with Crippen LogP contribution in [-0.4, -0.2) is 19.9 Å². The van der Waals surface area contributed by atoms with Crippen LogP contribution in [0, 0.1) is 0 Å². The predicted molar refractivity (Wildman–Crippen MR) is 45.7 cm³/mol. The predicted octanol–water partition coefficient (Wildman–Crippen LogP) is -0.656. The standard InChI is InChI=1S/C5H9IN2O/c1-6-3-2-5(3,8)4(7)9/h3H,1-2,8H2,(H2,7,9)/t3-,5-/m1/s1. The van der Waals surface area contributed by atoms with Gasteiger partial charge in [-0.15, -0.1) is 20.7 Å². The Balaban J connectivity index is 2.62. The zero-order chi connectivity index (χ0) is 7.07. The minimum absolute atomic E-state index is 0.140. The van der Waals surface area contributed by atoms with Gasteiger partial charge in [0.05, 0.1) is 0 Å². The number of carbonyl (C=O) groups excluding carboxylic acids is 1. The number of amides is 1. The molecule has 1 fully saturated rings. The van der Waals surface area contributed by atoms with Crippen LogP contribution in [0.25, 0.3) is 0 Å². The average Bonchev–Trinajstić information content (AvgIpc) is 2.44. The van der Waals surface area contributed by atoms with Gasteiger partial charge in [-0.05, 0) is 6.42 Å². The summed E-state index contributed by atoms with van der Waals surface area (Å²) >= 11 is -0.140. The smallest absolute Gasteiger partial charge is 0.238 e. The molecular formula is C5H9IN2O. The third-order valence-electron chi connectivity index (χ3n) is 1.56. The zero-order valence-electron chi connectivity index (χ0n) is 4.93. The van der Waals surface area contributed by atoms with Gasteiger partial charge in [-0.1, -0.05) is 4.51 Å². The zero-order valence-corrected chi connectivity index (χ0v) is 7.09. The Hall–Kier alpha value is 0.0300. The van der Waals surface area contributed by atoms with E-state index in [1.54, 1.807) is 0 Å². The van der Waals surface area contributed by atoms with Crippen LogP contribution in [0.2, 0.25) is 0 Å². The molecule has 3 nitrogen and oxygen atoms in total. The third-order valence-corrected chi connectivity index (χ3v) is 4.18. The fourth-order valence-corrected chi connectivity index (χ4v) is 2.82. The number of hydrogen-bond acceptors (Lipinski definition) is 2. The highest BCUT2D eigenvalue weighted by atomic mass is 127. The van der Waals surface area contributed by atoms with Crippen LogP contribution in [0.4, 0.5) is 0 Å². The van der Waals surface area contributed by atoms with Crippen molar-refractivity contribution in [2.24, 2.45) is 11.5 Å². The number of halogens is 1. The summed E-state index contributed by atoms with van der Waals surface area (Å²) in [7, 11) is 0. The summed E-state index contributed by atoms with van der Waals surface area (Å²) in [5.74, 6) is -0.365. The van der Waals surface area contributed by atoms with E-state index >= 15 is 0 Å².